The third kappa shape index (κ3) is 2.49. The van der Waals surface area contributed by atoms with Gasteiger partial charge >= 0.3 is 0 Å². The maximum atomic E-state index is 3.86. The molecular weight excluding hydrogens is 168 g/mol. The molecule has 0 N–H and O–H groups in total. The molecule has 0 saturated heterocycles. The molecular formula is C14H20. The van der Waals surface area contributed by atoms with Gasteiger partial charge in [-0.15, -0.1) is 5.73 Å². The number of allylic oxidation sites excluding steroid dienone is 4. The molecule has 1 rings (SSSR count). The molecule has 1 aliphatic carbocycles. The summed E-state index contributed by atoms with van der Waals surface area (Å²) in [4.78, 5) is 0. The van der Waals surface area contributed by atoms with Crippen molar-refractivity contribution < 1.29 is 0 Å². The highest BCUT2D eigenvalue weighted by Gasteiger charge is 2.14. The Labute approximate surface area is 87.7 Å². The van der Waals surface area contributed by atoms with Crippen LogP contribution in [0, 0.1) is 5.92 Å². The largest absolute Gasteiger partial charge is 0.118 e. The molecule has 0 fully saturated rings. The van der Waals surface area contributed by atoms with Gasteiger partial charge in [0.1, 0.15) is 0 Å². The molecule has 0 aromatic carbocycles. The molecule has 0 bridgehead atoms. The van der Waals surface area contributed by atoms with Crippen LogP contribution < -0.4 is 0 Å². The van der Waals surface area contributed by atoms with Crippen molar-refractivity contribution in [1.29, 1.82) is 0 Å². The maximum Gasteiger partial charge on any atom is -0.00890 e. The zero-order valence-corrected chi connectivity index (χ0v) is 9.56. The van der Waals surface area contributed by atoms with Crippen molar-refractivity contribution in [2.24, 2.45) is 5.92 Å². The lowest BCUT2D eigenvalue weighted by Gasteiger charge is -2.15. The van der Waals surface area contributed by atoms with E-state index in [9.17, 15) is 0 Å². The molecule has 0 radical (unpaired) electrons. The van der Waals surface area contributed by atoms with Gasteiger partial charge in [0.05, 0.1) is 0 Å². The van der Waals surface area contributed by atoms with Crippen molar-refractivity contribution >= 4 is 0 Å². The van der Waals surface area contributed by atoms with Gasteiger partial charge in [0.15, 0.2) is 0 Å². The van der Waals surface area contributed by atoms with Crippen molar-refractivity contribution in [1.82, 2.24) is 0 Å². The summed E-state index contributed by atoms with van der Waals surface area (Å²) in [5, 5.41) is 0. The monoisotopic (exact) mass is 188 g/mol. The third-order valence-corrected chi connectivity index (χ3v) is 2.87. The SMILES string of the molecule is C=CC1=CC(C)=C=C(CC)[C@H](CC)C1. The van der Waals surface area contributed by atoms with Crippen LogP contribution in [-0.4, -0.2) is 0 Å². The topological polar surface area (TPSA) is 0 Å². The predicted molar refractivity (Wildman–Crippen MR) is 63.2 cm³/mol. The number of hydrogen-bond acceptors (Lipinski definition) is 0. The van der Waals surface area contributed by atoms with E-state index in [0.717, 1.165) is 12.8 Å². The molecule has 1 atom stereocenters. The summed E-state index contributed by atoms with van der Waals surface area (Å²) < 4.78 is 0. The highest BCUT2D eigenvalue weighted by Crippen LogP contribution is 2.28. The minimum Gasteiger partial charge on any atom is -0.118 e. The van der Waals surface area contributed by atoms with Crippen LogP contribution in [0.15, 0.2) is 41.2 Å². The van der Waals surface area contributed by atoms with Gasteiger partial charge in [0.25, 0.3) is 0 Å². The summed E-state index contributed by atoms with van der Waals surface area (Å²) in [6, 6.07) is 0. The minimum absolute atomic E-state index is 0.668. The lowest BCUT2D eigenvalue weighted by atomic mass is 9.89. The van der Waals surface area contributed by atoms with Gasteiger partial charge in [0, 0.05) is 0 Å². The quantitative estimate of drug-likeness (QED) is 0.575. The lowest BCUT2D eigenvalue weighted by Crippen LogP contribution is -2.01. The standard InChI is InChI=1S/C14H20/c1-5-12-8-11(4)9-13(6-2)14(7-3)10-12/h5,8,14H,1,6-7,10H2,2-4H3/t14-/m1/s1. The van der Waals surface area contributed by atoms with E-state index in [4.69, 9.17) is 0 Å². The Kier molecular flexibility index (Phi) is 3.98. The van der Waals surface area contributed by atoms with Gasteiger partial charge in [-0.25, -0.2) is 0 Å². The Hall–Kier alpha value is -1.00. The summed E-state index contributed by atoms with van der Waals surface area (Å²) in [5.74, 6) is 0.668. The lowest BCUT2D eigenvalue weighted by molar-refractivity contribution is 0.577. The van der Waals surface area contributed by atoms with Crippen LogP contribution in [0.2, 0.25) is 0 Å². The molecule has 14 heavy (non-hydrogen) atoms. The first-order valence-corrected chi connectivity index (χ1v) is 5.50. The summed E-state index contributed by atoms with van der Waals surface area (Å²) in [5.41, 5.74) is 7.57. The summed E-state index contributed by atoms with van der Waals surface area (Å²) in [6.07, 6.45) is 7.64. The second kappa shape index (κ2) is 5.02. The molecule has 0 nitrogen and oxygen atoms in total. The molecule has 0 saturated carbocycles. The minimum atomic E-state index is 0.668. The second-order valence-electron chi connectivity index (χ2n) is 3.92. The molecule has 0 amide bonds. The van der Waals surface area contributed by atoms with Crippen molar-refractivity contribution in [2.45, 2.75) is 40.0 Å². The molecule has 0 aromatic rings. The number of rotatable bonds is 3. The van der Waals surface area contributed by atoms with E-state index in [2.05, 4.69) is 39.2 Å². The first kappa shape index (κ1) is 11.1. The van der Waals surface area contributed by atoms with Gasteiger partial charge in [-0.05, 0) is 54.9 Å². The van der Waals surface area contributed by atoms with Crippen LogP contribution in [0.25, 0.3) is 0 Å². The van der Waals surface area contributed by atoms with Crippen LogP contribution in [0.5, 0.6) is 0 Å². The van der Waals surface area contributed by atoms with E-state index in [1.807, 2.05) is 6.08 Å². The Morgan fingerprint density at radius 2 is 2.29 bits per heavy atom. The highest BCUT2D eigenvalue weighted by atomic mass is 14.2. The first-order valence-electron chi connectivity index (χ1n) is 5.50. The number of hydrogen-bond donors (Lipinski definition) is 0. The van der Waals surface area contributed by atoms with E-state index in [-0.39, 0.29) is 0 Å². The van der Waals surface area contributed by atoms with Gasteiger partial charge in [0.2, 0.25) is 0 Å². The van der Waals surface area contributed by atoms with Crippen LogP contribution in [0.3, 0.4) is 0 Å². The highest BCUT2D eigenvalue weighted by molar-refractivity contribution is 5.33. The van der Waals surface area contributed by atoms with E-state index < -0.39 is 0 Å². The maximum absolute atomic E-state index is 3.86. The van der Waals surface area contributed by atoms with Gasteiger partial charge < -0.3 is 0 Å². The third-order valence-electron chi connectivity index (χ3n) is 2.87. The zero-order chi connectivity index (χ0) is 10.6. The van der Waals surface area contributed by atoms with E-state index in [0.29, 0.717) is 5.92 Å². The summed E-state index contributed by atoms with van der Waals surface area (Å²) in [6.45, 7) is 10.5. The molecule has 0 aliphatic heterocycles. The molecule has 0 heteroatoms. The molecule has 0 aromatic heterocycles. The van der Waals surface area contributed by atoms with E-state index in [1.165, 1.54) is 23.1 Å². The van der Waals surface area contributed by atoms with Crippen LogP contribution in [0.1, 0.15) is 40.0 Å². The van der Waals surface area contributed by atoms with Crippen LogP contribution >= 0.6 is 0 Å². The normalized spacial score (nSPS) is 21.9. The Bertz CT molecular complexity index is 309. The molecule has 0 spiro atoms. The average molecular weight is 188 g/mol. The van der Waals surface area contributed by atoms with Crippen molar-refractivity contribution in [2.75, 3.05) is 0 Å². The molecule has 1 aliphatic rings. The Balaban J connectivity index is 3.10. The van der Waals surface area contributed by atoms with Gasteiger partial charge in [-0.3, -0.25) is 0 Å². The van der Waals surface area contributed by atoms with Crippen molar-refractivity contribution in [3.05, 3.63) is 41.2 Å². The van der Waals surface area contributed by atoms with Crippen LogP contribution in [-0.2, 0) is 0 Å². The fourth-order valence-corrected chi connectivity index (χ4v) is 2.05. The smallest absolute Gasteiger partial charge is 0.00890 e. The first-order chi connectivity index (χ1) is 6.71. The van der Waals surface area contributed by atoms with Crippen molar-refractivity contribution in [3.63, 3.8) is 0 Å². The summed E-state index contributed by atoms with van der Waals surface area (Å²) >= 11 is 0. The predicted octanol–water partition coefficient (Wildman–Crippen LogP) is 4.41. The molecule has 76 valence electrons. The second-order valence-corrected chi connectivity index (χ2v) is 3.92. The fraction of sp³-hybridized carbons (Fsp3) is 0.500. The zero-order valence-electron chi connectivity index (χ0n) is 9.56. The van der Waals surface area contributed by atoms with Gasteiger partial charge in [-0.1, -0.05) is 26.5 Å². The van der Waals surface area contributed by atoms with Gasteiger partial charge in [-0.2, -0.15) is 0 Å². The van der Waals surface area contributed by atoms with Crippen LogP contribution in [0.4, 0.5) is 0 Å². The average Bonchev–Trinajstić information content (AvgIpc) is 2.36. The Morgan fingerprint density at radius 1 is 1.57 bits per heavy atom. The van der Waals surface area contributed by atoms with Crippen molar-refractivity contribution in [3.8, 4) is 0 Å². The van der Waals surface area contributed by atoms with E-state index >= 15 is 0 Å². The molecule has 0 unspecified atom stereocenters. The fourth-order valence-electron chi connectivity index (χ4n) is 2.05. The Morgan fingerprint density at radius 3 is 2.79 bits per heavy atom. The molecule has 0 heterocycles. The van der Waals surface area contributed by atoms with E-state index in [1.54, 1.807) is 0 Å². The summed E-state index contributed by atoms with van der Waals surface area (Å²) in [7, 11) is 0.